The van der Waals surface area contributed by atoms with Crippen molar-refractivity contribution in [3.8, 4) is 0 Å². The van der Waals surface area contributed by atoms with E-state index in [0.29, 0.717) is 17.7 Å². The van der Waals surface area contributed by atoms with Crippen molar-refractivity contribution in [1.82, 2.24) is 5.32 Å². The number of carbonyl (C=O) groups excluding carboxylic acids is 1. The van der Waals surface area contributed by atoms with Crippen molar-refractivity contribution < 1.29 is 13.2 Å². The molecular formula is C15H20ClNO3S. The SMILES string of the molecule is CCC1(CNC(=O)c2ccc(C)c(S(=O)(=O)Cl)c2)CCC1. The van der Waals surface area contributed by atoms with Crippen LogP contribution in [0.5, 0.6) is 0 Å². The number of hydrogen-bond donors (Lipinski definition) is 1. The largest absolute Gasteiger partial charge is 0.351 e. The molecule has 1 aromatic rings. The molecular weight excluding hydrogens is 310 g/mol. The van der Waals surface area contributed by atoms with Crippen LogP contribution in [0.2, 0.25) is 0 Å². The number of halogens is 1. The molecule has 0 atom stereocenters. The average molecular weight is 330 g/mol. The van der Waals surface area contributed by atoms with E-state index in [-0.39, 0.29) is 16.2 Å². The number of nitrogens with one attached hydrogen (secondary N) is 1. The van der Waals surface area contributed by atoms with Crippen LogP contribution < -0.4 is 5.32 Å². The fourth-order valence-corrected chi connectivity index (χ4v) is 3.93. The van der Waals surface area contributed by atoms with Crippen LogP contribution in [0.3, 0.4) is 0 Å². The standard InChI is InChI=1S/C15H20ClNO3S/c1-3-15(7-4-8-15)10-17-14(18)12-6-5-11(2)13(9-12)21(16,19)20/h5-6,9H,3-4,7-8,10H2,1-2H3,(H,17,18). The number of aryl methyl sites for hydroxylation is 1. The summed E-state index contributed by atoms with van der Waals surface area (Å²) in [6.07, 6.45) is 4.53. The normalized spacial score (nSPS) is 17.1. The van der Waals surface area contributed by atoms with Crippen LogP contribution in [0.4, 0.5) is 0 Å². The van der Waals surface area contributed by atoms with E-state index in [2.05, 4.69) is 12.2 Å². The number of rotatable bonds is 5. The first kappa shape index (κ1) is 16.3. The zero-order valence-electron chi connectivity index (χ0n) is 12.3. The Morgan fingerprint density at radius 2 is 2.05 bits per heavy atom. The summed E-state index contributed by atoms with van der Waals surface area (Å²) in [6, 6.07) is 4.56. The minimum Gasteiger partial charge on any atom is -0.351 e. The van der Waals surface area contributed by atoms with Crippen molar-refractivity contribution in [2.24, 2.45) is 5.41 Å². The molecule has 0 spiro atoms. The van der Waals surface area contributed by atoms with Crippen molar-refractivity contribution in [1.29, 1.82) is 0 Å². The number of carbonyl (C=O) groups is 1. The van der Waals surface area contributed by atoms with Crippen LogP contribution in [0.15, 0.2) is 23.1 Å². The zero-order chi connectivity index (χ0) is 15.7. The van der Waals surface area contributed by atoms with Gasteiger partial charge in [-0.2, -0.15) is 0 Å². The van der Waals surface area contributed by atoms with Gasteiger partial charge in [-0.3, -0.25) is 4.79 Å². The highest BCUT2D eigenvalue weighted by Crippen LogP contribution is 2.43. The van der Waals surface area contributed by atoms with Gasteiger partial charge in [0, 0.05) is 22.8 Å². The lowest BCUT2D eigenvalue weighted by molar-refractivity contribution is 0.0850. The van der Waals surface area contributed by atoms with Crippen LogP contribution in [0, 0.1) is 12.3 Å². The Morgan fingerprint density at radius 3 is 2.52 bits per heavy atom. The molecule has 0 aliphatic heterocycles. The summed E-state index contributed by atoms with van der Waals surface area (Å²) in [6.45, 7) is 4.42. The second-order valence-corrected chi connectivity index (χ2v) is 8.34. The van der Waals surface area contributed by atoms with Gasteiger partial charge in [-0.05, 0) is 49.3 Å². The summed E-state index contributed by atoms with van der Waals surface area (Å²) in [7, 11) is 1.55. The second-order valence-electron chi connectivity index (χ2n) is 5.81. The number of amides is 1. The van der Waals surface area contributed by atoms with Crippen molar-refractivity contribution in [2.45, 2.75) is 44.4 Å². The fraction of sp³-hybridized carbons (Fsp3) is 0.533. The number of benzene rings is 1. The lowest BCUT2D eigenvalue weighted by Gasteiger charge is -2.41. The Hall–Kier alpha value is -1.07. The summed E-state index contributed by atoms with van der Waals surface area (Å²) in [4.78, 5) is 12.2. The van der Waals surface area contributed by atoms with Gasteiger partial charge in [-0.1, -0.05) is 19.4 Å². The van der Waals surface area contributed by atoms with E-state index < -0.39 is 9.05 Å². The summed E-state index contributed by atoms with van der Waals surface area (Å²) in [5, 5.41) is 2.91. The molecule has 0 radical (unpaired) electrons. The van der Waals surface area contributed by atoms with Crippen molar-refractivity contribution in [2.75, 3.05) is 6.54 Å². The lowest BCUT2D eigenvalue weighted by atomic mass is 9.67. The molecule has 116 valence electrons. The van der Waals surface area contributed by atoms with E-state index in [4.69, 9.17) is 10.7 Å². The molecule has 0 saturated heterocycles. The lowest BCUT2D eigenvalue weighted by Crippen LogP contribution is -2.41. The third-order valence-electron chi connectivity index (χ3n) is 4.50. The molecule has 0 unspecified atom stereocenters. The van der Waals surface area contributed by atoms with E-state index in [0.717, 1.165) is 19.3 Å². The molecule has 1 saturated carbocycles. The van der Waals surface area contributed by atoms with E-state index in [1.54, 1.807) is 19.1 Å². The third-order valence-corrected chi connectivity index (χ3v) is 5.97. The van der Waals surface area contributed by atoms with E-state index in [9.17, 15) is 13.2 Å². The molecule has 4 nitrogen and oxygen atoms in total. The Bertz CT molecular complexity index is 645. The van der Waals surface area contributed by atoms with Crippen molar-refractivity contribution in [3.05, 3.63) is 29.3 Å². The summed E-state index contributed by atoms with van der Waals surface area (Å²) >= 11 is 0. The highest BCUT2D eigenvalue weighted by atomic mass is 35.7. The van der Waals surface area contributed by atoms with Gasteiger partial charge in [-0.25, -0.2) is 8.42 Å². The summed E-state index contributed by atoms with van der Waals surface area (Å²) < 4.78 is 23.0. The summed E-state index contributed by atoms with van der Waals surface area (Å²) in [5.74, 6) is -0.253. The Labute approximate surface area is 130 Å². The third kappa shape index (κ3) is 3.58. The number of hydrogen-bond acceptors (Lipinski definition) is 3. The van der Waals surface area contributed by atoms with Gasteiger partial charge in [0.25, 0.3) is 15.0 Å². The topological polar surface area (TPSA) is 63.2 Å². The van der Waals surface area contributed by atoms with Crippen LogP contribution in [0.25, 0.3) is 0 Å². The van der Waals surface area contributed by atoms with Crippen LogP contribution in [-0.2, 0) is 9.05 Å². The molecule has 0 bridgehead atoms. The Morgan fingerprint density at radius 1 is 1.38 bits per heavy atom. The molecule has 1 aliphatic carbocycles. The van der Waals surface area contributed by atoms with Gasteiger partial charge < -0.3 is 5.32 Å². The molecule has 21 heavy (non-hydrogen) atoms. The van der Waals surface area contributed by atoms with Gasteiger partial charge in [0.15, 0.2) is 0 Å². The molecule has 2 rings (SSSR count). The van der Waals surface area contributed by atoms with E-state index >= 15 is 0 Å². The van der Waals surface area contributed by atoms with Crippen LogP contribution in [-0.4, -0.2) is 20.9 Å². The first-order chi connectivity index (χ1) is 9.77. The molecule has 1 aliphatic rings. The van der Waals surface area contributed by atoms with E-state index in [1.807, 2.05) is 0 Å². The predicted molar refractivity (Wildman–Crippen MR) is 83.1 cm³/mol. The summed E-state index contributed by atoms with van der Waals surface area (Å²) in [5.41, 5.74) is 1.08. The first-order valence-corrected chi connectivity index (χ1v) is 9.42. The minimum absolute atomic E-state index is 0.00864. The predicted octanol–water partition coefficient (Wildman–Crippen LogP) is 3.23. The maximum atomic E-state index is 12.2. The molecule has 1 N–H and O–H groups in total. The van der Waals surface area contributed by atoms with Crippen molar-refractivity contribution in [3.63, 3.8) is 0 Å². The van der Waals surface area contributed by atoms with Gasteiger partial charge in [0.2, 0.25) is 0 Å². The molecule has 0 heterocycles. The molecule has 6 heteroatoms. The Kier molecular flexibility index (Phi) is 4.63. The monoisotopic (exact) mass is 329 g/mol. The highest BCUT2D eigenvalue weighted by molar-refractivity contribution is 8.13. The van der Waals surface area contributed by atoms with Gasteiger partial charge in [0.1, 0.15) is 0 Å². The molecule has 1 fully saturated rings. The van der Waals surface area contributed by atoms with Crippen LogP contribution >= 0.6 is 10.7 Å². The minimum atomic E-state index is -3.84. The molecule has 0 aromatic heterocycles. The fourth-order valence-electron chi connectivity index (χ4n) is 2.71. The van der Waals surface area contributed by atoms with Crippen molar-refractivity contribution >= 4 is 25.6 Å². The van der Waals surface area contributed by atoms with Gasteiger partial charge >= 0.3 is 0 Å². The Balaban J connectivity index is 2.13. The molecule has 1 aromatic carbocycles. The quantitative estimate of drug-likeness (QED) is 0.843. The maximum Gasteiger partial charge on any atom is 0.261 e. The maximum absolute atomic E-state index is 12.2. The first-order valence-electron chi connectivity index (χ1n) is 7.11. The van der Waals surface area contributed by atoms with Gasteiger partial charge in [0.05, 0.1) is 4.90 Å². The van der Waals surface area contributed by atoms with Crippen LogP contribution in [0.1, 0.15) is 48.5 Å². The second kappa shape index (κ2) is 5.97. The van der Waals surface area contributed by atoms with E-state index in [1.165, 1.54) is 12.5 Å². The average Bonchev–Trinajstić information content (AvgIpc) is 2.37. The highest BCUT2D eigenvalue weighted by Gasteiger charge is 2.35. The molecule has 1 amide bonds. The smallest absolute Gasteiger partial charge is 0.261 e. The zero-order valence-corrected chi connectivity index (χ0v) is 13.9. The van der Waals surface area contributed by atoms with Gasteiger partial charge in [-0.15, -0.1) is 0 Å².